The summed E-state index contributed by atoms with van der Waals surface area (Å²) in [6.07, 6.45) is 2.14. The predicted molar refractivity (Wildman–Crippen MR) is 112 cm³/mol. The van der Waals surface area contributed by atoms with E-state index in [-0.39, 0.29) is 10.6 Å². The van der Waals surface area contributed by atoms with Gasteiger partial charge < -0.3 is 14.2 Å². The molecule has 0 saturated carbocycles. The van der Waals surface area contributed by atoms with Crippen LogP contribution in [-0.4, -0.2) is 70.2 Å². The number of carbonyl (C=O) groups excluding carboxylic acids is 1. The quantitative estimate of drug-likeness (QED) is 0.512. The molecule has 0 amide bonds. The molecule has 1 fully saturated rings. The van der Waals surface area contributed by atoms with E-state index in [1.54, 1.807) is 7.05 Å². The Kier molecular flexibility index (Phi) is 6.94. The third-order valence-corrected chi connectivity index (χ3v) is 6.55. The van der Waals surface area contributed by atoms with Crippen molar-refractivity contribution in [2.45, 2.75) is 11.3 Å². The van der Waals surface area contributed by atoms with Crippen LogP contribution in [0.15, 0.2) is 47.5 Å². The highest BCUT2D eigenvalue weighted by atomic mass is 32.2. The van der Waals surface area contributed by atoms with Crippen LogP contribution in [0, 0.1) is 0 Å². The number of hydrogen-bond acceptors (Lipinski definition) is 6. The molecule has 2 heterocycles. The van der Waals surface area contributed by atoms with Crippen LogP contribution in [0.5, 0.6) is 0 Å². The molecule has 29 heavy (non-hydrogen) atoms. The van der Waals surface area contributed by atoms with Crippen LogP contribution in [0.4, 0.5) is 5.69 Å². The summed E-state index contributed by atoms with van der Waals surface area (Å²) >= 11 is 0. The molecular weight excluding hydrogens is 392 g/mol. The highest BCUT2D eigenvalue weighted by molar-refractivity contribution is 7.89. The molecule has 8 nitrogen and oxygen atoms in total. The van der Waals surface area contributed by atoms with Gasteiger partial charge in [-0.2, -0.15) is 0 Å². The van der Waals surface area contributed by atoms with Gasteiger partial charge in [-0.15, -0.1) is 0 Å². The molecule has 1 aromatic heterocycles. The number of nitrogens with one attached hydrogen (secondary N) is 1. The van der Waals surface area contributed by atoms with E-state index in [0.29, 0.717) is 6.54 Å². The number of anilines is 1. The molecule has 0 aliphatic carbocycles. The second-order valence-corrected chi connectivity index (χ2v) is 8.85. The lowest BCUT2D eigenvalue weighted by Gasteiger charge is -2.36. The first kappa shape index (κ1) is 21.4. The number of methoxy groups -OCH3 is 1. The van der Waals surface area contributed by atoms with E-state index in [1.165, 1.54) is 29.6 Å². The van der Waals surface area contributed by atoms with Gasteiger partial charge in [-0.1, -0.05) is 18.2 Å². The molecule has 9 heteroatoms. The molecule has 158 valence electrons. The number of aryl methyl sites for hydroxylation is 1. The number of aromatic nitrogens is 1. The van der Waals surface area contributed by atoms with Gasteiger partial charge in [-0.3, -0.25) is 4.90 Å². The molecule has 1 aliphatic rings. The van der Waals surface area contributed by atoms with Crippen LogP contribution < -0.4 is 9.62 Å². The SMILES string of the molecule is COC(=O)c1cc(S(=O)(=O)NCCCN2CCN(c3ccccc3)CC2)cn1C. The fraction of sp³-hybridized carbons (Fsp3) is 0.450. The van der Waals surface area contributed by atoms with Crippen LogP contribution in [0.3, 0.4) is 0 Å². The maximum atomic E-state index is 12.5. The molecule has 0 spiro atoms. The molecule has 1 aromatic carbocycles. The number of hydrogen-bond donors (Lipinski definition) is 1. The van der Waals surface area contributed by atoms with Gasteiger partial charge in [-0.25, -0.2) is 17.9 Å². The minimum Gasteiger partial charge on any atom is -0.464 e. The topological polar surface area (TPSA) is 83.9 Å². The maximum absolute atomic E-state index is 12.5. The first-order valence-electron chi connectivity index (χ1n) is 9.67. The average molecular weight is 421 g/mol. The molecule has 1 aliphatic heterocycles. The normalized spacial score (nSPS) is 15.4. The highest BCUT2D eigenvalue weighted by Crippen LogP contribution is 2.16. The summed E-state index contributed by atoms with van der Waals surface area (Å²) in [5.74, 6) is -0.566. The number of carbonyl (C=O) groups is 1. The fourth-order valence-corrected chi connectivity index (χ4v) is 4.59. The molecule has 2 aromatic rings. The number of esters is 1. The Bertz CT molecular complexity index is 919. The molecule has 3 rings (SSSR count). The molecule has 0 radical (unpaired) electrons. The Morgan fingerprint density at radius 2 is 1.83 bits per heavy atom. The van der Waals surface area contributed by atoms with Gasteiger partial charge in [0.25, 0.3) is 0 Å². The Morgan fingerprint density at radius 1 is 1.14 bits per heavy atom. The van der Waals surface area contributed by atoms with Crippen molar-refractivity contribution in [3.05, 3.63) is 48.3 Å². The van der Waals surface area contributed by atoms with Crippen molar-refractivity contribution < 1.29 is 17.9 Å². The van der Waals surface area contributed by atoms with Crippen molar-refractivity contribution in [3.8, 4) is 0 Å². The van der Waals surface area contributed by atoms with Gasteiger partial charge >= 0.3 is 5.97 Å². The van der Waals surface area contributed by atoms with Crippen LogP contribution in [0.2, 0.25) is 0 Å². The van der Waals surface area contributed by atoms with E-state index in [4.69, 9.17) is 0 Å². The zero-order valence-electron chi connectivity index (χ0n) is 16.9. The summed E-state index contributed by atoms with van der Waals surface area (Å²) in [4.78, 5) is 16.4. The molecular formula is C20H28N4O4S. The van der Waals surface area contributed by atoms with Gasteiger partial charge in [0.15, 0.2) is 0 Å². The van der Waals surface area contributed by atoms with Crippen molar-refractivity contribution in [2.24, 2.45) is 7.05 Å². The van der Waals surface area contributed by atoms with Crippen LogP contribution in [0.1, 0.15) is 16.9 Å². The first-order chi connectivity index (χ1) is 13.9. The number of ether oxygens (including phenoxy) is 1. The third kappa shape index (κ3) is 5.37. The zero-order valence-corrected chi connectivity index (χ0v) is 17.7. The number of benzene rings is 1. The van der Waals surface area contributed by atoms with Crippen LogP contribution >= 0.6 is 0 Å². The van der Waals surface area contributed by atoms with Crippen molar-refractivity contribution in [1.82, 2.24) is 14.2 Å². The van der Waals surface area contributed by atoms with Crippen molar-refractivity contribution in [2.75, 3.05) is 51.3 Å². The van der Waals surface area contributed by atoms with Gasteiger partial charge in [0.05, 0.1) is 7.11 Å². The third-order valence-electron chi connectivity index (χ3n) is 5.12. The predicted octanol–water partition coefficient (Wildman–Crippen LogP) is 1.30. The van der Waals surface area contributed by atoms with E-state index in [9.17, 15) is 13.2 Å². The fourth-order valence-electron chi connectivity index (χ4n) is 3.45. The lowest BCUT2D eigenvalue weighted by atomic mass is 10.2. The summed E-state index contributed by atoms with van der Waals surface area (Å²) in [5.41, 5.74) is 1.44. The van der Waals surface area contributed by atoms with E-state index >= 15 is 0 Å². The molecule has 1 saturated heterocycles. The van der Waals surface area contributed by atoms with E-state index in [2.05, 4.69) is 43.5 Å². The molecule has 0 atom stereocenters. The van der Waals surface area contributed by atoms with E-state index in [1.807, 2.05) is 6.07 Å². The van der Waals surface area contributed by atoms with Crippen molar-refractivity contribution >= 4 is 21.7 Å². The van der Waals surface area contributed by atoms with Crippen LogP contribution in [0.25, 0.3) is 0 Å². The number of piperazine rings is 1. The van der Waals surface area contributed by atoms with Gasteiger partial charge in [0.1, 0.15) is 10.6 Å². The van der Waals surface area contributed by atoms with E-state index < -0.39 is 16.0 Å². The monoisotopic (exact) mass is 420 g/mol. The maximum Gasteiger partial charge on any atom is 0.354 e. The standard InChI is InChI=1S/C20H28N4O4S/c1-22-16-18(15-19(22)20(25)28-2)29(26,27)21-9-6-10-23-11-13-24(14-12-23)17-7-4-3-5-8-17/h3-5,7-8,15-16,21H,6,9-14H2,1-2H3. The summed E-state index contributed by atoms with van der Waals surface area (Å²) in [5, 5.41) is 0. The number of para-hydroxylation sites is 1. The summed E-state index contributed by atoms with van der Waals surface area (Å²) in [6, 6.07) is 11.7. The molecule has 0 bridgehead atoms. The van der Waals surface area contributed by atoms with Crippen molar-refractivity contribution in [1.29, 1.82) is 0 Å². The lowest BCUT2D eigenvalue weighted by molar-refractivity contribution is 0.0590. The smallest absolute Gasteiger partial charge is 0.354 e. The number of rotatable bonds is 8. The summed E-state index contributed by atoms with van der Waals surface area (Å²) in [6.45, 7) is 5.05. The minimum absolute atomic E-state index is 0.0666. The Hall–Kier alpha value is -2.36. The number of sulfonamides is 1. The van der Waals surface area contributed by atoms with Gasteiger partial charge in [0.2, 0.25) is 10.0 Å². The molecule has 1 N–H and O–H groups in total. The van der Waals surface area contributed by atoms with E-state index in [0.717, 1.165) is 39.1 Å². The van der Waals surface area contributed by atoms with Gasteiger partial charge in [0, 0.05) is 51.7 Å². The second-order valence-electron chi connectivity index (χ2n) is 7.08. The minimum atomic E-state index is -3.66. The number of nitrogens with zero attached hydrogens (tertiary/aromatic N) is 3. The highest BCUT2D eigenvalue weighted by Gasteiger charge is 2.21. The van der Waals surface area contributed by atoms with Crippen LogP contribution in [-0.2, 0) is 21.8 Å². The van der Waals surface area contributed by atoms with Gasteiger partial charge in [-0.05, 0) is 31.2 Å². The Labute approximate surface area is 172 Å². The van der Waals surface area contributed by atoms with Crippen molar-refractivity contribution in [3.63, 3.8) is 0 Å². The largest absolute Gasteiger partial charge is 0.464 e. The Morgan fingerprint density at radius 3 is 2.48 bits per heavy atom. The second kappa shape index (κ2) is 9.43. The summed E-state index contributed by atoms with van der Waals surface area (Å²) in [7, 11) is -0.780. The Balaban J connectivity index is 1.43. The lowest BCUT2D eigenvalue weighted by Crippen LogP contribution is -2.47. The zero-order chi connectivity index (χ0) is 20.9. The average Bonchev–Trinajstić information content (AvgIpc) is 3.14. The first-order valence-corrected chi connectivity index (χ1v) is 11.2. The molecule has 0 unspecified atom stereocenters. The summed E-state index contributed by atoms with van der Waals surface area (Å²) < 4.78 is 33.7.